The van der Waals surface area contributed by atoms with Gasteiger partial charge in [0.2, 0.25) is 0 Å². The molecule has 0 amide bonds. The van der Waals surface area contributed by atoms with Crippen molar-refractivity contribution in [3.05, 3.63) is 28.7 Å². The fourth-order valence-corrected chi connectivity index (χ4v) is 0.991. The van der Waals surface area contributed by atoms with E-state index in [2.05, 4.69) is 4.74 Å². The highest BCUT2D eigenvalue weighted by Gasteiger charge is 2.17. The number of rotatable bonds is 2. The second-order valence-electron chi connectivity index (χ2n) is 2.76. The molecule has 76 valence electrons. The number of aromatic hydroxyl groups is 1. The van der Waals surface area contributed by atoms with E-state index in [1.807, 2.05) is 0 Å². The summed E-state index contributed by atoms with van der Waals surface area (Å²) in [4.78, 5) is 11.2. The first-order valence-corrected chi connectivity index (χ1v) is 4.16. The lowest BCUT2D eigenvalue weighted by Gasteiger charge is -2.05. The van der Waals surface area contributed by atoms with Crippen molar-refractivity contribution in [3.8, 4) is 5.75 Å². The number of ether oxygens (including phenoxy) is 1. The van der Waals surface area contributed by atoms with Gasteiger partial charge >= 0.3 is 5.97 Å². The Morgan fingerprint density at radius 1 is 1.71 bits per heavy atom. The summed E-state index contributed by atoms with van der Waals surface area (Å²) in [5, 5.41) is 20.5. The normalized spacial score (nSPS) is 9.86. The first-order valence-electron chi connectivity index (χ1n) is 4.16. The van der Waals surface area contributed by atoms with Crippen molar-refractivity contribution >= 4 is 5.97 Å². The van der Waals surface area contributed by atoms with Gasteiger partial charge in [-0.25, -0.2) is 4.79 Å². The highest BCUT2D eigenvalue weighted by molar-refractivity contribution is 5.91. The lowest BCUT2D eigenvalue weighted by molar-refractivity contribution is -0.612. The van der Waals surface area contributed by atoms with Gasteiger partial charge in [0.05, 0.1) is 6.61 Å². The molecule has 0 bridgehead atoms. The first-order chi connectivity index (χ1) is 6.56. The lowest BCUT2D eigenvalue weighted by atomic mass is 10.2. The fraction of sp³-hybridized carbons (Fsp3) is 0.333. The van der Waals surface area contributed by atoms with Gasteiger partial charge in [0.15, 0.2) is 17.5 Å². The number of pyridine rings is 1. The summed E-state index contributed by atoms with van der Waals surface area (Å²) in [5.74, 6) is -0.942. The lowest BCUT2D eigenvalue weighted by Crippen LogP contribution is -2.30. The number of esters is 1. The van der Waals surface area contributed by atoms with E-state index < -0.39 is 5.97 Å². The predicted octanol–water partition coefficient (Wildman–Crippen LogP) is 0.511. The van der Waals surface area contributed by atoms with Gasteiger partial charge in [-0.05, 0) is 6.92 Å². The number of carbonyl (C=O) groups excluding carboxylic acids is 1. The Labute approximate surface area is 81.1 Å². The molecule has 0 saturated carbocycles. The summed E-state index contributed by atoms with van der Waals surface area (Å²) in [6.45, 7) is 3.38. The van der Waals surface area contributed by atoms with Gasteiger partial charge in [0.1, 0.15) is 5.75 Å². The molecular weight excluding hydrogens is 186 g/mol. The van der Waals surface area contributed by atoms with Crippen molar-refractivity contribution in [2.75, 3.05) is 6.61 Å². The van der Waals surface area contributed by atoms with Gasteiger partial charge in [-0.15, -0.1) is 0 Å². The summed E-state index contributed by atoms with van der Waals surface area (Å²) in [6, 6.07) is 1.22. The molecule has 1 N–H and O–H groups in total. The quantitative estimate of drug-likeness (QED) is 0.426. The Bertz CT molecular complexity index is 362. The van der Waals surface area contributed by atoms with Gasteiger partial charge in [-0.2, -0.15) is 4.73 Å². The molecule has 0 unspecified atom stereocenters. The topological polar surface area (TPSA) is 73.5 Å². The Morgan fingerprint density at radius 3 is 2.93 bits per heavy atom. The minimum Gasteiger partial charge on any atom is -0.618 e. The first kappa shape index (κ1) is 10.3. The van der Waals surface area contributed by atoms with Crippen molar-refractivity contribution in [2.45, 2.75) is 13.8 Å². The number of nitrogens with zero attached hydrogens (tertiary/aromatic N) is 1. The van der Waals surface area contributed by atoms with Crippen LogP contribution >= 0.6 is 0 Å². The monoisotopic (exact) mass is 197 g/mol. The maximum atomic E-state index is 11.2. The van der Waals surface area contributed by atoms with Crippen LogP contribution in [0.25, 0.3) is 0 Å². The summed E-state index contributed by atoms with van der Waals surface area (Å²) in [5.41, 5.74) is 0.197. The average Bonchev–Trinajstić information content (AvgIpc) is 2.11. The summed E-state index contributed by atoms with van der Waals surface area (Å²) < 4.78 is 5.16. The highest BCUT2D eigenvalue weighted by Crippen LogP contribution is 2.16. The molecular formula is C9H11NO4. The number of aromatic nitrogens is 1. The summed E-state index contributed by atoms with van der Waals surface area (Å²) >= 11 is 0. The van der Waals surface area contributed by atoms with Crippen LogP contribution in [-0.2, 0) is 4.74 Å². The van der Waals surface area contributed by atoms with Gasteiger partial charge in [0.25, 0.3) is 0 Å². The predicted molar refractivity (Wildman–Crippen MR) is 47.8 cm³/mol. The van der Waals surface area contributed by atoms with Gasteiger partial charge in [0, 0.05) is 13.0 Å². The molecule has 0 aromatic carbocycles. The van der Waals surface area contributed by atoms with E-state index in [0.29, 0.717) is 10.4 Å². The van der Waals surface area contributed by atoms with Crippen molar-refractivity contribution in [1.29, 1.82) is 0 Å². The number of hydrogen-bond donors (Lipinski definition) is 1. The van der Waals surface area contributed by atoms with Gasteiger partial charge in [-0.1, -0.05) is 0 Å². The van der Waals surface area contributed by atoms with Crippen LogP contribution < -0.4 is 4.73 Å². The molecule has 0 fully saturated rings. The van der Waals surface area contributed by atoms with Crippen molar-refractivity contribution in [3.63, 3.8) is 0 Å². The maximum Gasteiger partial charge on any atom is 0.348 e. The second kappa shape index (κ2) is 3.95. The Morgan fingerprint density at radius 2 is 2.36 bits per heavy atom. The number of hydrogen-bond acceptors (Lipinski definition) is 4. The fourth-order valence-electron chi connectivity index (χ4n) is 0.991. The van der Waals surface area contributed by atoms with Crippen LogP contribution in [0.3, 0.4) is 0 Å². The second-order valence-corrected chi connectivity index (χ2v) is 2.76. The minimum atomic E-state index is -0.699. The van der Waals surface area contributed by atoms with Crippen LogP contribution in [0.4, 0.5) is 0 Å². The minimum absolute atomic E-state index is 0.118. The Hall–Kier alpha value is -1.78. The van der Waals surface area contributed by atoms with Crippen LogP contribution in [0, 0.1) is 12.1 Å². The van der Waals surface area contributed by atoms with E-state index in [1.165, 1.54) is 13.0 Å². The molecule has 0 spiro atoms. The SMILES string of the molecule is CCOC(=O)c1c[n+]([O-])c(C)cc1O. The molecule has 1 rings (SSSR count). The maximum absolute atomic E-state index is 11.2. The van der Waals surface area contributed by atoms with E-state index >= 15 is 0 Å². The molecule has 5 nitrogen and oxygen atoms in total. The van der Waals surface area contributed by atoms with Gasteiger partial charge in [-0.3, -0.25) is 0 Å². The van der Waals surface area contributed by atoms with Crippen LogP contribution in [0.1, 0.15) is 23.0 Å². The van der Waals surface area contributed by atoms with E-state index in [9.17, 15) is 15.1 Å². The Kier molecular flexibility index (Phi) is 2.91. The third kappa shape index (κ3) is 1.93. The zero-order chi connectivity index (χ0) is 10.7. The summed E-state index contributed by atoms with van der Waals surface area (Å²) in [7, 11) is 0. The molecule has 1 aromatic rings. The average molecular weight is 197 g/mol. The van der Waals surface area contributed by atoms with Crippen molar-refractivity contribution in [1.82, 2.24) is 0 Å². The van der Waals surface area contributed by atoms with E-state index in [4.69, 9.17) is 0 Å². The zero-order valence-corrected chi connectivity index (χ0v) is 7.98. The van der Waals surface area contributed by atoms with Gasteiger partial charge < -0.3 is 15.1 Å². The third-order valence-corrected chi connectivity index (χ3v) is 1.71. The largest absolute Gasteiger partial charge is 0.618 e. The molecule has 5 heteroatoms. The molecule has 1 heterocycles. The standard InChI is InChI=1S/C9H11NO4/c1-3-14-9(12)7-5-10(13)6(2)4-8(7)11/h4-5,11H,3H2,1-2H3. The molecule has 0 aliphatic carbocycles. The summed E-state index contributed by atoms with van der Waals surface area (Å²) in [6.07, 6.45) is 1.00. The van der Waals surface area contributed by atoms with E-state index in [-0.39, 0.29) is 17.9 Å². The molecule has 0 radical (unpaired) electrons. The molecule has 0 saturated heterocycles. The van der Waals surface area contributed by atoms with Crippen LogP contribution in [0.15, 0.2) is 12.3 Å². The highest BCUT2D eigenvalue weighted by atomic mass is 16.5. The van der Waals surface area contributed by atoms with Crippen molar-refractivity contribution in [2.24, 2.45) is 0 Å². The zero-order valence-electron chi connectivity index (χ0n) is 7.98. The number of aryl methyl sites for hydroxylation is 1. The van der Waals surface area contributed by atoms with Crippen molar-refractivity contribution < 1.29 is 19.4 Å². The van der Waals surface area contributed by atoms with E-state index in [0.717, 1.165) is 6.20 Å². The Balaban J connectivity index is 3.09. The molecule has 0 aliphatic heterocycles. The molecule has 14 heavy (non-hydrogen) atoms. The van der Waals surface area contributed by atoms with Crippen LogP contribution in [0.2, 0.25) is 0 Å². The number of carbonyl (C=O) groups is 1. The van der Waals surface area contributed by atoms with E-state index in [1.54, 1.807) is 6.92 Å². The molecule has 0 atom stereocenters. The molecule has 1 aromatic heterocycles. The van der Waals surface area contributed by atoms with Crippen LogP contribution in [0.5, 0.6) is 5.75 Å². The van der Waals surface area contributed by atoms with Crippen LogP contribution in [-0.4, -0.2) is 17.7 Å². The third-order valence-electron chi connectivity index (χ3n) is 1.71. The molecule has 0 aliphatic rings. The smallest absolute Gasteiger partial charge is 0.348 e.